The maximum atomic E-state index is 13.6. The molecule has 0 amide bonds. The van der Waals surface area contributed by atoms with Gasteiger partial charge in [-0.3, -0.25) is 9.59 Å². The van der Waals surface area contributed by atoms with E-state index in [9.17, 15) is 19.1 Å². The van der Waals surface area contributed by atoms with Crippen molar-refractivity contribution in [1.82, 2.24) is 9.55 Å². The molecule has 0 unspecified atom stereocenters. The topological polar surface area (TPSA) is 72.2 Å². The minimum Gasteiger partial charge on any atom is -0.494 e. The summed E-state index contributed by atoms with van der Waals surface area (Å²) in [6, 6.07) is 22.3. The number of aromatic hydroxyl groups is 1. The predicted molar refractivity (Wildman–Crippen MR) is 107 cm³/mol. The lowest BCUT2D eigenvalue weighted by Gasteiger charge is -2.15. The van der Waals surface area contributed by atoms with Crippen LogP contribution in [0.2, 0.25) is 0 Å². The molecule has 29 heavy (non-hydrogen) atoms. The van der Waals surface area contributed by atoms with Crippen molar-refractivity contribution in [3.05, 3.63) is 112 Å². The van der Waals surface area contributed by atoms with E-state index in [0.717, 1.165) is 10.6 Å². The molecular weight excluding hydrogens is 371 g/mol. The van der Waals surface area contributed by atoms with Gasteiger partial charge in [0.1, 0.15) is 5.82 Å². The van der Waals surface area contributed by atoms with Crippen LogP contribution in [0, 0.1) is 5.95 Å². The number of carbonyl (C=O) groups excluding carboxylic acids is 1. The van der Waals surface area contributed by atoms with Crippen molar-refractivity contribution in [2.45, 2.75) is 0 Å². The smallest absolute Gasteiger partial charge is 0.259 e. The van der Waals surface area contributed by atoms with E-state index in [1.165, 1.54) is 18.2 Å². The Morgan fingerprint density at radius 3 is 2.21 bits per heavy atom. The van der Waals surface area contributed by atoms with E-state index in [4.69, 9.17) is 0 Å². The van der Waals surface area contributed by atoms with E-state index in [-0.39, 0.29) is 16.9 Å². The van der Waals surface area contributed by atoms with E-state index >= 15 is 0 Å². The molecule has 4 rings (SSSR count). The molecule has 1 N–H and O–H groups in total. The zero-order chi connectivity index (χ0) is 20.4. The summed E-state index contributed by atoms with van der Waals surface area (Å²) in [4.78, 5) is 29.7. The van der Waals surface area contributed by atoms with Crippen molar-refractivity contribution >= 4 is 5.78 Å². The Hall–Kier alpha value is -4.06. The highest BCUT2D eigenvalue weighted by Crippen LogP contribution is 2.31. The number of benzene rings is 2. The number of ketones is 1. The molecule has 142 valence electrons. The van der Waals surface area contributed by atoms with E-state index < -0.39 is 23.2 Å². The summed E-state index contributed by atoms with van der Waals surface area (Å²) in [5.41, 5.74) is 0.530. The van der Waals surface area contributed by atoms with Gasteiger partial charge in [0.25, 0.3) is 5.56 Å². The third kappa shape index (κ3) is 3.43. The number of aromatic nitrogens is 2. The van der Waals surface area contributed by atoms with Gasteiger partial charge in [-0.1, -0.05) is 66.7 Å². The number of pyridine rings is 2. The summed E-state index contributed by atoms with van der Waals surface area (Å²) < 4.78 is 14.4. The van der Waals surface area contributed by atoms with Crippen LogP contribution in [0.15, 0.2) is 89.7 Å². The van der Waals surface area contributed by atoms with E-state index in [1.807, 2.05) is 0 Å². The fourth-order valence-corrected chi connectivity index (χ4v) is 3.14. The zero-order valence-electron chi connectivity index (χ0n) is 15.1. The van der Waals surface area contributed by atoms with Crippen LogP contribution in [0.25, 0.3) is 16.9 Å². The first kappa shape index (κ1) is 18.3. The molecule has 2 aromatic heterocycles. The molecule has 0 fully saturated rings. The average molecular weight is 386 g/mol. The van der Waals surface area contributed by atoms with Gasteiger partial charge >= 0.3 is 0 Å². The number of rotatable bonds is 4. The first-order chi connectivity index (χ1) is 14.1. The van der Waals surface area contributed by atoms with Crippen molar-refractivity contribution in [2.75, 3.05) is 0 Å². The SMILES string of the molecule is O=C(c1ccccc1)c1c(-c2ccccc2)cc(=O)n(-c2cccc(F)n2)c1O. The van der Waals surface area contributed by atoms with Crippen molar-refractivity contribution in [2.24, 2.45) is 0 Å². The Kier molecular flexibility index (Phi) is 4.75. The monoisotopic (exact) mass is 386 g/mol. The summed E-state index contributed by atoms with van der Waals surface area (Å²) >= 11 is 0. The quantitative estimate of drug-likeness (QED) is 0.425. The van der Waals surface area contributed by atoms with Crippen molar-refractivity contribution in [3.63, 3.8) is 0 Å². The van der Waals surface area contributed by atoms with Crippen LogP contribution in [0.1, 0.15) is 15.9 Å². The Morgan fingerprint density at radius 1 is 0.897 bits per heavy atom. The predicted octanol–water partition coefficient (Wildman–Crippen LogP) is 3.98. The Balaban J connectivity index is 2.03. The standard InChI is InChI=1S/C23H15FN2O3/c24-18-12-7-13-19(25-18)26-20(27)14-17(15-8-3-1-4-9-15)21(23(26)29)22(28)16-10-5-2-6-11-16/h1-14,29H. The Bertz CT molecular complexity index is 1250. The van der Waals surface area contributed by atoms with Gasteiger partial charge in [-0.05, 0) is 17.7 Å². The van der Waals surface area contributed by atoms with Gasteiger partial charge in [-0.25, -0.2) is 9.55 Å². The number of nitrogens with zero attached hydrogens (tertiary/aromatic N) is 2. The second kappa shape index (κ2) is 7.52. The third-order valence-corrected chi connectivity index (χ3v) is 4.47. The molecule has 4 aromatic rings. The molecule has 0 spiro atoms. The van der Waals surface area contributed by atoms with Crippen molar-refractivity contribution in [3.8, 4) is 22.8 Å². The zero-order valence-corrected chi connectivity index (χ0v) is 15.1. The maximum absolute atomic E-state index is 13.6. The molecular formula is C23H15FN2O3. The maximum Gasteiger partial charge on any atom is 0.259 e. The van der Waals surface area contributed by atoms with Gasteiger partial charge in [0.2, 0.25) is 11.8 Å². The second-order valence-corrected chi connectivity index (χ2v) is 6.31. The van der Waals surface area contributed by atoms with Crippen molar-refractivity contribution < 1.29 is 14.3 Å². The minimum atomic E-state index is -0.808. The Morgan fingerprint density at radius 2 is 1.55 bits per heavy atom. The molecule has 0 aliphatic heterocycles. The van der Waals surface area contributed by atoms with Crippen LogP contribution in [-0.4, -0.2) is 20.4 Å². The largest absolute Gasteiger partial charge is 0.494 e. The molecule has 0 aliphatic carbocycles. The highest BCUT2D eigenvalue weighted by atomic mass is 19.1. The first-order valence-corrected chi connectivity index (χ1v) is 8.83. The lowest BCUT2D eigenvalue weighted by Crippen LogP contribution is -2.22. The molecule has 0 radical (unpaired) electrons. The van der Waals surface area contributed by atoms with E-state index in [2.05, 4.69) is 4.98 Å². The lowest BCUT2D eigenvalue weighted by molar-refractivity contribution is 0.103. The van der Waals surface area contributed by atoms with Crippen LogP contribution in [0.3, 0.4) is 0 Å². The number of carbonyl (C=O) groups is 1. The molecule has 2 aromatic carbocycles. The van der Waals surface area contributed by atoms with Gasteiger partial charge in [0.05, 0.1) is 5.56 Å². The van der Waals surface area contributed by atoms with Crippen molar-refractivity contribution in [1.29, 1.82) is 0 Å². The summed E-state index contributed by atoms with van der Waals surface area (Å²) in [5, 5.41) is 11.0. The van der Waals surface area contributed by atoms with Gasteiger partial charge in [0.15, 0.2) is 5.78 Å². The summed E-state index contributed by atoms with van der Waals surface area (Å²) in [7, 11) is 0. The molecule has 0 saturated carbocycles. The number of halogens is 1. The lowest BCUT2D eigenvalue weighted by atomic mass is 9.95. The average Bonchev–Trinajstić information content (AvgIpc) is 2.74. The van der Waals surface area contributed by atoms with E-state index in [0.29, 0.717) is 11.1 Å². The normalized spacial score (nSPS) is 10.7. The highest BCUT2D eigenvalue weighted by molar-refractivity contribution is 6.14. The molecule has 2 heterocycles. The van der Waals surface area contributed by atoms with Gasteiger partial charge in [-0.15, -0.1) is 0 Å². The molecule has 0 aliphatic rings. The fourth-order valence-electron chi connectivity index (χ4n) is 3.14. The second-order valence-electron chi connectivity index (χ2n) is 6.31. The van der Waals surface area contributed by atoms with Crippen LogP contribution >= 0.6 is 0 Å². The number of hydrogen-bond acceptors (Lipinski definition) is 4. The minimum absolute atomic E-state index is 0.0620. The highest BCUT2D eigenvalue weighted by Gasteiger charge is 2.24. The summed E-state index contributed by atoms with van der Waals surface area (Å²) in [6.45, 7) is 0. The van der Waals surface area contributed by atoms with Crippen LogP contribution in [0.4, 0.5) is 4.39 Å². The summed E-state index contributed by atoms with van der Waals surface area (Å²) in [6.07, 6.45) is 0. The van der Waals surface area contributed by atoms with Crippen LogP contribution < -0.4 is 5.56 Å². The molecule has 0 saturated heterocycles. The van der Waals surface area contributed by atoms with Crippen LogP contribution in [-0.2, 0) is 0 Å². The molecule has 6 heteroatoms. The van der Waals surface area contributed by atoms with Crippen LogP contribution in [0.5, 0.6) is 5.88 Å². The Labute approximate surface area is 165 Å². The molecule has 0 atom stereocenters. The van der Waals surface area contributed by atoms with Gasteiger partial charge < -0.3 is 5.11 Å². The molecule has 5 nitrogen and oxygen atoms in total. The summed E-state index contributed by atoms with van der Waals surface area (Å²) in [5.74, 6) is -1.98. The number of hydrogen-bond donors (Lipinski definition) is 1. The third-order valence-electron chi connectivity index (χ3n) is 4.47. The van der Waals surface area contributed by atoms with Gasteiger partial charge in [0, 0.05) is 17.2 Å². The van der Waals surface area contributed by atoms with Gasteiger partial charge in [-0.2, -0.15) is 4.39 Å². The van der Waals surface area contributed by atoms with E-state index in [1.54, 1.807) is 60.7 Å². The fraction of sp³-hybridized carbons (Fsp3) is 0. The first-order valence-electron chi connectivity index (χ1n) is 8.83. The molecule has 0 bridgehead atoms.